The van der Waals surface area contributed by atoms with Crippen LogP contribution in [-0.4, -0.2) is 0 Å². The molecule has 0 bridgehead atoms. The van der Waals surface area contributed by atoms with Crippen molar-refractivity contribution in [3.8, 4) is 0 Å². The number of nitrogens with zero attached hydrogens (tertiary/aromatic N) is 2. The molecule has 72 valence electrons. The van der Waals surface area contributed by atoms with Crippen LogP contribution in [0.15, 0.2) is 33.1 Å². The second kappa shape index (κ2) is 3.77. The third kappa shape index (κ3) is 1.75. The van der Waals surface area contributed by atoms with E-state index >= 15 is 0 Å². The Morgan fingerprint density at radius 1 is 1.14 bits per heavy atom. The van der Waals surface area contributed by atoms with Crippen LogP contribution in [0.3, 0.4) is 0 Å². The Labute approximate surface area is 88.9 Å². The lowest BCUT2D eigenvalue weighted by Crippen LogP contribution is -1.88. The molecule has 0 amide bonds. The molecule has 2 heterocycles. The van der Waals surface area contributed by atoms with E-state index < -0.39 is 0 Å². The van der Waals surface area contributed by atoms with Gasteiger partial charge in [-0.2, -0.15) is 0 Å². The van der Waals surface area contributed by atoms with Crippen molar-refractivity contribution in [2.75, 3.05) is 11.5 Å². The molecule has 0 aliphatic rings. The first kappa shape index (κ1) is 9.17. The van der Waals surface area contributed by atoms with Crippen LogP contribution in [0.4, 0.5) is 21.4 Å². The molecule has 14 heavy (non-hydrogen) atoms. The molecule has 0 aliphatic carbocycles. The number of nitrogens with two attached hydrogens (primary N) is 2. The zero-order valence-electron chi connectivity index (χ0n) is 7.18. The number of rotatable bonds is 2. The van der Waals surface area contributed by atoms with Gasteiger partial charge in [0.25, 0.3) is 0 Å². The predicted molar refractivity (Wildman–Crippen MR) is 61.6 cm³/mol. The largest absolute Gasteiger partial charge is 0.396 e. The lowest BCUT2D eigenvalue weighted by atomic mass is 10.4. The van der Waals surface area contributed by atoms with Gasteiger partial charge >= 0.3 is 0 Å². The SMILES string of the molecule is Nc1csc(N=Nc2cccs2)c1N. The van der Waals surface area contributed by atoms with E-state index in [0.717, 1.165) is 5.00 Å². The maximum Gasteiger partial charge on any atom is 0.164 e. The summed E-state index contributed by atoms with van der Waals surface area (Å²) in [5.41, 5.74) is 12.3. The third-order valence-electron chi connectivity index (χ3n) is 1.58. The Morgan fingerprint density at radius 3 is 2.57 bits per heavy atom. The van der Waals surface area contributed by atoms with Gasteiger partial charge in [0.05, 0.1) is 11.4 Å². The molecule has 0 aliphatic heterocycles. The summed E-state index contributed by atoms with van der Waals surface area (Å²) in [6.45, 7) is 0. The highest BCUT2D eigenvalue weighted by Gasteiger charge is 2.03. The minimum Gasteiger partial charge on any atom is -0.396 e. The van der Waals surface area contributed by atoms with Crippen molar-refractivity contribution in [3.05, 3.63) is 22.9 Å². The van der Waals surface area contributed by atoms with Crippen LogP contribution in [-0.2, 0) is 0 Å². The molecule has 0 saturated heterocycles. The fourth-order valence-electron chi connectivity index (χ4n) is 0.869. The number of nitrogen functional groups attached to an aromatic ring is 2. The summed E-state index contributed by atoms with van der Waals surface area (Å²) in [6.07, 6.45) is 0. The number of hydrogen-bond donors (Lipinski definition) is 2. The monoisotopic (exact) mass is 224 g/mol. The molecule has 6 heteroatoms. The van der Waals surface area contributed by atoms with E-state index in [-0.39, 0.29) is 0 Å². The first-order chi connectivity index (χ1) is 6.77. The summed E-state index contributed by atoms with van der Waals surface area (Å²) < 4.78 is 0. The lowest BCUT2D eigenvalue weighted by Gasteiger charge is -1.89. The Hall–Kier alpha value is -1.40. The van der Waals surface area contributed by atoms with Gasteiger partial charge < -0.3 is 11.5 Å². The fraction of sp³-hybridized carbons (Fsp3) is 0. The molecular formula is C8H8N4S2. The minimum atomic E-state index is 0.510. The quantitative estimate of drug-likeness (QED) is 0.767. The fourth-order valence-corrected chi connectivity index (χ4v) is 2.11. The van der Waals surface area contributed by atoms with Crippen molar-refractivity contribution in [3.63, 3.8) is 0 Å². The first-order valence-corrected chi connectivity index (χ1v) is 5.61. The lowest BCUT2D eigenvalue weighted by molar-refractivity contribution is 1.28. The Bertz CT molecular complexity index is 444. The van der Waals surface area contributed by atoms with Gasteiger partial charge in [0.15, 0.2) is 5.00 Å². The average Bonchev–Trinajstić information content (AvgIpc) is 2.77. The third-order valence-corrected chi connectivity index (χ3v) is 3.23. The maximum absolute atomic E-state index is 5.68. The summed E-state index contributed by atoms with van der Waals surface area (Å²) in [4.78, 5) is 0. The van der Waals surface area contributed by atoms with Gasteiger partial charge in [-0.1, -0.05) is 0 Å². The van der Waals surface area contributed by atoms with E-state index in [1.807, 2.05) is 17.5 Å². The van der Waals surface area contributed by atoms with E-state index in [1.165, 1.54) is 22.7 Å². The average molecular weight is 224 g/mol. The molecule has 0 saturated carbocycles. The second-order valence-electron chi connectivity index (χ2n) is 2.56. The summed E-state index contributed by atoms with van der Waals surface area (Å²) in [6, 6.07) is 3.81. The van der Waals surface area contributed by atoms with Crippen LogP contribution in [0.25, 0.3) is 0 Å². The molecule has 0 spiro atoms. The van der Waals surface area contributed by atoms with E-state index in [0.29, 0.717) is 16.4 Å². The molecule has 0 fully saturated rings. The van der Waals surface area contributed by atoms with Crippen LogP contribution in [0.5, 0.6) is 0 Å². The zero-order chi connectivity index (χ0) is 9.97. The smallest absolute Gasteiger partial charge is 0.164 e. The topological polar surface area (TPSA) is 76.8 Å². The highest BCUT2D eigenvalue weighted by Crippen LogP contribution is 2.36. The van der Waals surface area contributed by atoms with Gasteiger partial charge in [0, 0.05) is 5.38 Å². The van der Waals surface area contributed by atoms with Gasteiger partial charge in [-0.3, -0.25) is 0 Å². The molecule has 4 N–H and O–H groups in total. The molecule has 0 radical (unpaired) electrons. The van der Waals surface area contributed by atoms with Crippen molar-refractivity contribution in [1.82, 2.24) is 0 Å². The first-order valence-electron chi connectivity index (χ1n) is 3.85. The van der Waals surface area contributed by atoms with Gasteiger partial charge in [0.2, 0.25) is 0 Å². The predicted octanol–water partition coefficient (Wildman–Crippen LogP) is 3.39. The van der Waals surface area contributed by atoms with Crippen molar-refractivity contribution in [2.24, 2.45) is 10.2 Å². The van der Waals surface area contributed by atoms with E-state index in [1.54, 1.807) is 5.38 Å². The highest BCUT2D eigenvalue weighted by atomic mass is 32.1. The maximum atomic E-state index is 5.68. The van der Waals surface area contributed by atoms with E-state index in [9.17, 15) is 0 Å². The minimum absolute atomic E-state index is 0.510. The van der Waals surface area contributed by atoms with Crippen LogP contribution < -0.4 is 11.5 Å². The van der Waals surface area contributed by atoms with Gasteiger partial charge in [0.1, 0.15) is 5.00 Å². The molecule has 2 rings (SSSR count). The standard InChI is InChI=1S/C8H8N4S2/c9-5-4-14-8(7(5)10)12-11-6-2-1-3-13-6/h1-4H,9-10H2. The van der Waals surface area contributed by atoms with Crippen molar-refractivity contribution >= 4 is 44.1 Å². The van der Waals surface area contributed by atoms with Crippen molar-refractivity contribution < 1.29 is 0 Å². The molecule has 4 nitrogen and oxygen atoms in total. The van der Waals surface area contributed by atoms with Crippen LogP contribution in [0.1, 0.15) is 0 Å². The molecule has 0 atom stereocenters. The summed E-state index contributed by atoms with van der Waals surface area (Å²) in [7, 11) is 0. The second-order valence-corrected chi connectivity index (χ2v) is 4.35. The Morgan fingerprint density at radius 2 is 2.00 bits per heavy atom. The van der Waals surface area contributed by atoms with Gasteiger partial charge in [-0.05, 0) is 17.5 Å². The summed E-state index contributed by atoms with van der Waals surface area (Å²) >= 11 is 2.92. The molecule has 2 aromatic rings. The number of hydrogen-bond acceptors (Lipinski definition) is 6. The normalized spacial score (nSPS) is 11.1. The molecule has 2 aromatic heterocycles. The molecule has 0 unspecified atom stereocenters. The van der Waals surface area contributed by atoms with Crippen LogP contribution in [0, 0.1) is 0 Å². The summed E-state index contributed by atoms with van der Waals surface area (Å²) in [5, 5.41) is 13.3. The number of thiophene rings is 2. The van der Waals surface area contributed by atoms with Gasteiger partial charge in [-0.25, -0.2) is 0 Å². The Kier molecular flexibility index (Phi) is 2.47. The Balaban J connectivity index is 2.23. The van der Waals surface area contributed by atoms with Crippen LogP contribution >= 0.6 is 22.7 Å². The van der Waals surface area contributed by atoms with E-state index in [4.69, 9.17) is 11.5 Å². The van der Waals surface area contributed by atoms with Gasteiger partial charge in [-0.15, -0.1) is 32.9 Å². The van der Waals surface area contributed by atoms with E-state index in [2.05, 4.69) is 10.2 Å². The number of anilines is 2. The highest BCUT2D eigenvalue weighted by molar-refractivity contribution is 7.15. The number of azo groups is 1. The molecule has 0 aromatic carbocycles. The zero-order valence-corrected chi connectivity index (χ0v) is 8.81. The molecular weight excluding hydrogens is 216 g/mol. The van der Waals surface area contributed by atoms with Crippen molar-refractivity contribution in [2.45, 2.75) is 0 Å². The summed E-state index contributed by atoms with van der Waals surface area (Å²) in [5.74, 6) is 0. The van der Waals surface area contributed by atoms with Crippen molar-refractivity contribution in [1.29, 1.82) is 0 Å². The van der Waals surface area contributed by atoms with Crippen LogP contribution in [0.2, 0.25) is 0 Å².